The molecular weight excluding hydrogens is 1280 g/mol. The third kappa shape index (κ3) is 14.3. The monoisotopic (exact) mass is 1340 g/mol. The Morgan fingerprint density at radius 2 is 0.823 bits per heavy atom. The summed E-state index contributed by atoms with van der Waals surface area (Å²) in [4.78, 5) is 0.396. The van der Waals surface area contributed by atoms with Gasteiger partial charge in [0.2, 0.25) is 0 Å². The van der Waals surface area contributed by atoms with E-state index in [9.17, 15) is 8.42 Å². The summed E-state index contributed by atoms with van der Waals surface area (Å²) in [5.74, 6) is 1.18. The quantitative estimate of drug-likeness (QED) is 0.183. The third-order valence-corrected chi connectivity index (χ3v) is 27.0. The summed E-state index contributed by atoms with van der Waals surface area (Å²) in [6, 6.07) is 30.2. The fraction of sp³-hybridized carbons (Fsp3) is 0.625. The molecule has 0 aromatic heterocycles. The number of hydrogen-bond donors (Lipinski definition) is 0. The lowest BCUT2D eigenvalue weighted by molar-refractivity contribution is -0.211. The molecule has 3 aliphatic heterocycles. The molecule has 0 N–H and O–H groups in total. The third-order valence-electron chi connectivity index (χ3n) is 13.1. The lowest BCUT2D eigenvalue weighted by Gasteiger charge is -2.41. The van der Waals surface area contributed by atoms with E-state index in [0.717, 1.165) is 45.7 Å². The molecule has 348 valence electrons. The van der Waals surface area contributed by atoms with E-state index in [1.807, 2.05) is 15.0 Å². The number of sulfone groups is 1. The Kier molecular flexibility index (Phi) is 22.5. The van der Waals surface area contributed by atoms with Crippen molar-refractivity contribution in [1.29, 1.82) is 0 Å². The van der Waals surface area contributed by atoms with Crippen LogP contribution in [0.5, 0.6) is 0 Å². The minimum atomic E-state index is -3.31. The van der Waals surface area contributed by atoms with Gasteiger partial charge in [-0.05, 0) is 163 Å². The van der Waals surface area contributed by atoms with Crippen LogP contribution in [0.2, 0.25) is 0 Å². The molecule has 0 radical (unpaired) electrons. The van der Waals surface area contributed by atoms with Crippen LogP contribution in [0, 0.1) is 17.8 Å². The van der Waals surface area contributed by atoms with E-state index in [-0.39, 0.29) is 32.3 Å². The van der Waals surface area contributed by atoms with Gasteiger partial charge >= 0.3 is 0 Å². The first kappa shape index (κ1) is 55.2. The first-order chi connectivity index (χ1) is 28.7. The van der Waals surface area contributed by atoms with Crippen LogP contribution in [0.4, 0.5) is 0 Å². The highest BCUT2D eigenvalue weighted by Crippen LogP contribution is 2.50. The Hall–Kier alpha value is 0.640. The number of benzene rings is 3. The van der Waals surface area contributed by atoms with Crippen molar-refractivity contribution in [2.45, 2.75) is 132 Å². The van der Waals surface area contributed by atoms with Gasteiger partial charge < -0.3 is 28.4 Å². The molecule has 3 aromatic rings. The standard InChI is InChI=1S/C15H20O4S.2C15H20O2.CI4S.2CH4/c1-12-7-8-14(11-15(12)18-9-10-19-15)20(16,17)13-5-3-2-4-6-13;2*1-12-7-8-14(13-5-3-2-4-6-13)11-15(12)16-9-10-17-15;2-1(3,4)6-5;;/h2-6,12,14H,7-11H2,1H3;2*2-6,12,14H,7-11H2,1H3;;2*1H4/t12-,14-;12-,14+;12-,14-;;;/m111.../s1. The van der Waals surface area contributed by atoms with Gasteiger partial charge in [0.25, 0.3) is 0 Å². The molecular formula is C48H68I4O8S2. The molecule has 6 atom stereocenters. The zero-order valence-electron chi connectivity index (χ0n) is 34.8. The summed E-state index contributed by atoms with van der Waals surface area (Å²) in [6.07, 6.45) is 8.84. The molecule has 0 bridgehead atoms. The molecule has 3 saturated heterocycles. The maximum Gasteiger partial charge on any atom is 0.181 e. The molecule has 0 unspecified atom stereocenters. The maximum absolute atomic E-state index is 12.7. The largest absolute Gasteiger partial charge is 0.347 e. The van der Waals surface area contributed by atoms with Crippen LogP contribution >= 0.6 is 97.9 Å². The highest BCUT2D eigenvalue weighted by molar-refractivity contribution is 14.3. The summed E-state index contributed by atoms with van der Waals surface area (Å²) >= 11 is 9.40. The molecule has 3 saturated carbocycles. The van der Waals surface area contributed by atoms with Gasteiger partial charge in [-0.25, -0.2) is 8.42 Å². The summed E-state index contributed by atoms with van der Waals surface area (Å²) in [6.45, 7) is 10.7. The van der Waals surface area contributed by atoms with E-state index in [4.69, 9.17) is 28.4 Å². The highest BCUT2D eigenvalue weighted by Gasteiger charge is 2.50. The first-order valence-corrected chi connectivity index (χ1v) is 29.4. The number of alkyl halides is 3. The maximum atomic E-state index is 12.7. The number of hydrogen-bond acceptors (Lipinski definition) is 9. The number of ether oxygens (including phenoxy) is 6. The second kappa shape index (κ2) is 25.3. The molecule has 14 heteroatoms. The van der Waals surface area contributed by atoms with Crippen LogP contribution in [-0.4, -0.2) is 69.4 Å². The molecule has 6 fully saturated rings. The van der Waals surface area contributed by atoms with Gasteiger partial charge in [0.1, 0.15) is 0 Å². The smallest absolute Gasteiger partial charge is 0.181 e. The zero-order valence-corrected chi connectivity index (χ0v) is 45.1. The van der Waals surface area contributed by atoms with Gasteiger partial charge in [-0.3, -0.25) is 0 Å². The molecule has 3 spiro atoms. The van der Waals surface area contributed by atoms with Crippen LogP contribution < -0.4 is 0 Å². The summed E-state index contributed by atoms with van der Waals surface area (Å²) in [5, 5.41) is -0.417. The molecule has 3 aliphatic carbocycles. The van der Waals surface area contributed by atoms with Crippen molar-refractivity contribution in [1.82, 2.24) is 0 Å². The Balaban J connectivity index is 0.000000189. The molecule has 8 nitrogen and oxygen atoms in total. The van der Waals surface area contributed by atoms with Crippen LogP contribution in [0.1, 0.15) is 116 Å². The highest BCUT2D eigenvalue weighted by atomic mass is 127. The average Bonchev–Trinajstić information content (AvgIpc) is 4.06. The summed E-state index contributed by atoms with van der Waals surface area (Å²) in [7, 11) is -1.50. The summed E-state index contributed by atoms with van der Waals surface area (Å²) < 4.78 is 61.0. The number of halogens is 4. The lowest BCUT2D eigenvalue weighted by atomic mass is 9.75. The van der Waals surface area contributed by atoms with Gasteiger partial charge in [0.15, 0.2) is 26.0 Å². The molecule has 9 rings (SSSR count). The van der Waals surface area contributed by atoms with Gasteiger partial charge in [-0.2, -0.15) is 0 Å². The second-order valence-electron chi connectivity index (χ2n) is 16.8. The SMILES string of the molecule is C.C.C[C@@H]1CC[C@@H](S(=O)(=O)c2ccccc2)CC12OCCO2.C[C@@H]1CC[C@@H](c2ccccc2)CC12OCCO2.C[C@@H]1CC[C@H](c2ccccc2)CC12OCCO2.ISC(I)(I)I. The van der Waals surface area contributed by atoms with Crippen LogP contribution in [0.15, 0.2) is 95.9 Å². The topological polar surface area (TPSA) is 89.5 Å². The van der Waals surface area contributed by atoms with E-state index in [0.29, 0.717) is 53.4 Å². The number of rotatable bonds is 5. The van der Waals surface area contributed by atoms with E-state index in [2.05, 4.69) is 170 Å². The lowest BCUT2D eigenvalue weighted by Crippen LogP contribution is -2.47. The fourth-order valence-electron chi connectivity index (χ4n) is 9.62. The van der Waals surface area contributed by atoms with Crippen molar-refractivity contribution < 1.29 is 36.8 Å². The van der Waals surface area contributed by atoms with Gasteiger partial charge in [0.05, 0.1) is 49.8 Å². The minimum absolute atomic E-state index is 0. The average molecular weight is 1340 g/mol. The first-order valence-electron chi connectivity index (χ1n) is 21.3. The molecule has 3 aromatic carbocycles. The predicted molar refractivity (Wildman–Crippen MR) is 289 cm³/mol. The minimum Gasteiger partial charge on any atom is -0.347 e. The Morgan fingerprint density at radius 3 is 1.16 bits per heavy atom. The molecule has 0 amide bonds. The second-order valence-corrected chi connectivity index (χ2v) is 34.4. The van der Waals surface area contributed by atoms with Crippen LogP contribution in [-0.2, 0) is 38.3 Å². The van der Waals surface area contributed by atoms with Gasteiger partial charge in [-0.1, -0.05) is 123 Å². The molecule has 6 aliphatic rings. The Morgan fingerprint density at radius 1 is 0.516 bits per heavy atom. The fourth-order valence-corrected chi connectivity index (χ4v) is 11.4. The van der Waals surface area contributed by atoms with E-state index in [1.54, 1.807) is 24.3 Å². The van der Waals surface area contributed by atoms with Crippen molar-refractivity contribution in [3.05, 3.63) is 102 Å². The Labute approximate surface area is 430 Å². The van der Waals surface area contributed by atoms with Crippen molar-refractivity contribution in [3.63, 3.8) is 0 Å². The van der Waals surface area contributed by atoms with Crippen molar-refractivity contribution >= 4 is 108 Å². The summed E-state index contributed by atoms with van der Waals surface area (Å²) in [5.41, 5.74) is 2.86. The van der Waals surface area contributed by atoms with E-state index in [1.165, 1.54) is 36.8 Å². The van der Waals surface area contributed by atoms with Crippen LogP contribution in [0.3, 0.4) is 0 Å². The van der Waals surface area contributed by atoms with Gasteiger partial charge in [-0.15, -0.1) is 0 Å². The predicted octanol–water partition coefficient (Wildman–Crippen LogP) is 14.3. The van der Waals surface area contributed by atoms with Crippen molar-refractivity contribution in [2.75, 3.05) is 39.6 Å². The normalized spacial score (nSPS) is 28.2. The van der Waals surface area contributed by atoms with Crippen molar-refractivity contribution in [2.24, 2.45) is 17.8 Å². The van der Waals surface area contributed by atoms with E-state index >= 15 is 0 Å². The van der Waals surface area contributed by atoms with E-state index < -0.39 is 20.9 Å². The molecule has 3 heterocycles. The zero-order chi connectivity index (χ0) is 42.9. The van der Waals surface area contributed by atoms with Gasteiger partial charge in [0, 0.05) is 37.0 Å². The molecule has 62 heavy (non-hydrogen) atoms. The van der Waals surface area contributed by atoms with Crippen molar-refractivity contribution in [3.8, 4) is 0 Å². The Bertz CT molecular complexity index is 1760. The van der Waals surface area contributed by atoms with Crippen LogP contribution in [0.25, 0.3) is 0 Å².